The number of carbonyl (C=O) groups excluding carboxylic acids is 1. The lowest BCUT2D eigenvalue weighted by Crippen LogP contribution is -2.31. The second kappa shape index (κ2) is 4.49. The first-order valence-corrected chi connectivity index (χ1v) is 6.54. The molecule has 0 bridgehead atoms. The normalized spacial score (nSPS) is 16.3. The predicted molar refractivity (Wildman–Crippen MR) is 72.5 cm³/mol. The summed E-state index contributed by atoms with van der Waals surface area (Å²) in [5.74, 6) is -0.779. The molecule has 0 unspecified atom stereocenters. The highest BCUT2D eigenvalue weighted by molar-refractivity contribution is 6.04. The molecule has 1 amide bonds. The van der Waals surface area contributed by atoms with Gasteiger partial charge in [0.2, 0.25) is 0 Å². The number of hydrogen-bond acceptors (Lipinski definition) is 4. The SMILES string of the molecule is Cn1c(=O)oc2c(C(=O)NCC3(CO)CC3)cccc21. The van der Waals surface area contributed by atoms with Gasteiger partial charge < -0.3 is 14.8 Å². The molecule has 0 atom stereocenters. The summed E-state index contributed by atoms with van der Waals surface area (Å²) in [6, 6.07) is 5.07. The average Bonchev–Trinajstić information content (AvgIpc) is 3.19. The van der Waals surface area contributed by atoms with Gasteiger partial charge in [-0.1, -0.05) is 6.07 Å². The smallest absolute Gasteiger partial charge is 0.407 e. The van der Waals surface area contributed by atoms with Crippen molar-refractivity contribution in [1.29, 1.82) is 0 Å². The number of para-hydroxylation sites is 1. The summed E-state index contributed by atoms with van der Waals surface area (Å²) in [5, 5.41) is 12.0. The Morgan fingerprint density at radius 2 is 2.25 bits per heavy atom. The average molecular weight is 276 g/mol. The van der Waals surface area contributed by atoms with Crippen molar-refractivity contribution in [2.45, 2.75) is 12.8 Å². The number of carbonyl (C=O) groups is 1. The fraction of sp³-hybridized carbons (Fsp3) is 0.429. The topological polar surface area (TPSA) is 84.5 Å². The minimum atomic E-state index is -0.491. The fourth-order valence-electron chi connectivity index (χ4n) is 2.26. The van der Waals surface area contributed by atoms with Crippen LogP contribution < -0.4 is 11.1 Å². The number of aliphatic hydroxyl groups is 1. The summed E-state index contributed by atoms with van der Waals surface area (Å²) in [4.78, 5) is 23.7. The molecule has 1 aromatic carbocycles. The van der Waals surface area contributed by atoms with Gasteiger partial charge in [-0.25, -0.2) is 4.79 Å². The maximum absolute atomic E-state index is 12.2. The highest BCUT2D eigenvalue weighted by atomic mass is 16.4. The summed E-state index contributed by atoms with van der Waals surface area (Å²) in [7, 11) is 1.60. The number of nitrogens with one attached hydrogen (secondary N) is 1. The van der Waals surface area contributed by atoms with E-state index in [9.17, 15) is 14.7 Å². The van der Waals surface area contributed by atoms with Crippen molar-refractivity contribution in [1.82, 2.24) is 9.88 Å². The van der Waals surface area contributed by atoms with E-state index in [0.717, 1.165) is 12.8 Å². The van der Waals surface area contributed by atoms with Gasteiger partial charge in [-0.3, -0.25) is 9.36 Å². The van der Waals surface area contributed by atoms with Crippen LogP contribution in [0.25, 0.3) is 11.1 Å². The zero-order chi connectivity index (χ0) is 14.3. The Morgan fingerprint density at radius 3 is 2.90 bits per heavy atom. The molecule has 0 radical (unpaired) electrons. The molecule has 1 aromatic heterocycles. The lowest BCUT2D eigenvalue weighted by molar-refractivity contribution is 0.0936. The first-order chi connectivity index (χ1) is 9.56. The third kappa shape index (κ3) is 2.02. The number of amides is 1. The van der Waals surface area contributed by atoms with Crippen molar-refractivity contribution >= 4 is 17.0 Å². The van der Waals surface area contributed by atoms with E-state index in [-0.39, 0.29) is 17.9 Å². The fourth-order valence-corrected chi connectivity index (χ4v) is 2.26. The van der Waals surface area contributed by atoms with E-state index in [2.05, 4.69) is 5.32 Å². The molecule has 0 aliphatic heterocycles. The lowest BCUT2D eigenvalue weighted by Gasteiger charge is -2.12. The number of rotatable bonds is 4. The number of nitrogens with zero attached hydrogens (tertiary/aromatic N) is 1. The number of aliphatic hydroxyl groups excluding tert-OH is 1. The van der Waals surface area contributed by atoms with Crippen molar-refractivity contribution < 1.29 is 14.3 Å². The van der Waals surface area contributed by atoms with Crippen molar-refractivity contribution in [2.75, 3.05) is 13.2 Å². The molecule has 6 nitrogen and oxygen atoms in total. The molecule has 106 valence electrons. The Bertz CT molecular complexity index is 724. The monoisotopic (exact) mass is 276 g/mol. The lowest BCUT2D eigenvalue weighted by atomic mass is 10.1. The second-order valence-electron chi connectivity index (χ2n) is 5.42. The Labute approximate surface area is 115 Å². The van der Waals surface area contributed by atoms with Crippen LogP contribution in [-0.4, -0.2) is 28.7 Å². The highest BCUT2D eigenvalue weighted by Gasteiger charge is 2.42. The minimum Gasteiger partial charge on any atom is -0.407 e. The maximum atomic E-state index is 12.2. The van der Waals surface area contributed by atoms with E-state index >= 15 is 0 Å². The molecule has 0 saturated heterocycles. The van der Waals surface area contributed by atoms with Gasteiger partial charge >= 0.3 is 5.76 Å². The largest absolute Gasteiger partial charge is 0.419 e. The van der Waals surface area contributed by atoms with E-state index < -0.39 is 5.76 Å². The third-order valence-electron chi connectivity index (χ3n) is 3.98. The van der Waals surface area contributed by atoms with Crippen molar-refractivity contribution in [3.8, 4) is 0 Å². The quantitative estimate of drug-likeness (QED) is 0.858. The van der Waals surface area contributed by atoms with Gasteiger partial charge in [0, 0.05) is 19.0 Å². The van der Waals surface area contributed by atoms with Crippen LogP contribution >= 0.6 is 0 Å². The molecule has 1 fully saturated rings. The first kappa shape index (κ1) is 12.9. The van der Waals surface area contributed by atoms with Crippen molar-refractivity contribution in [2.24, 2.45) is 12.5 Å². The van der Waals surface area contributed by atoms with Crippen LogP contribution in [-0.2, 0) is 7.05 Å². The van der Waals surface area contributed by atoms with Gasteiger partial charge in [-0.15, -0.1) is 0 Å². The molecular weight excluding hydrogens is 260 g/mol. The van der Waals surface area contributed by atoms with Gasteiger partial charge in [0.25, 0.3) is 5.91 Å². The van der Waals surface area contributed by atoms with Crippen molar-refractivity contribution in [3.05, 3.63) is 34.3 Å². The van der Waals surface area contributed by atoms with E-state index in [1.807, 2.05) is 0 Å². The molecule has 1 saturated carbocycles. The summed E-state index contributed by atoms with van der Waals surface area (Å²) in [6.07, 6.45) is 1.85. The Kier molecular flexibility index (Phi) is 2.90. The van der Waals surface area contributed by atoms with Crippen LogP contribution in [0.2, 0.25) is 0 Å². The van der Waals surface area contributed by atoms with E-state index in [4.69, 9.17) is 4.42 Å². The van der Waals surface area contributed by atoms with E-state index in [0.29, 0.717) is 23.2 Å². The second-order valence-corrected chi connectivity index (χ2v) is 5.42. The molecule has 2 N–H and O–H groups in total. The summed E-state index contributed by atoms with van der Waals surface area (Å²) < 4.78 is 6.49. The molecule has 6 heteroatoms. The summed E-state index contributed by atoms with van der Waals surface area (Å²) in [5.41, 5.74) is 1.08. The van der Waals surface area contributed by atoms with Crippen LogP contribution in [0.5, 0.6) is 0 Å². The zero-order valence-corrected chi connectivity index (χ0v) is 11.2. The predicted octanol–water partition coefficient (Wildman–Crippen LogP) is 0.634. The van der Waals surface area contributed by atoms with E-state index in [1.54, 1.807) is 25.2 Å². The van der Waals surface area contributed by atoms with Crippen LogP contribution in [0.1, 0.15) is 23.2 Å². The molecule has 0 spiro atoms. The zero-order valence-electron chi connectivity index (χ0n) is 11.2. The number of hydrogen-bond donors (Lipinski definition) is 2. The van der Waals surface area contributed by atoms with Gasteiger partial charge in [0.05, 0.1) is 17.7 Å². The Hall–Kier alpha value is -2.08. The number of aromatic nitrogens is 1. The Balaban J connectivity index is 1.88. The molecule has 1 aliphatic rings. The van der Waals surface area contributed by atoms with Gasteiger partial charge in [-0.05, 0) is 25.0 Å². The molecular formula is C14H16N2O4. The highest BCUT2D eigenvalue weighted by Crippen LogP contribution is 2.44. The first-order valence-electron chi connectivity index (χ1n) is 6.54. The number of aryl methyl sites for hydroxylation is 1. The molecule has 3 rings (SSSR count). The van der Waals surface area contributed by atoms with Gasteiger partial charge in [0.15, 0.2) is 5.58 Å². The third-order valence-corrected chi connectivity index (χ3v) is 3.98. The summed E-state index contributed by atoms with van der Waals surface area (Å²) >= 11 is 0. The number of oxazole rings is 1. The molecule has 1 heterocycles. The van der Waals surface area contributed by atoms with Crippen LogP contribution in [0.4, 0.5) is 0 Å². The van der Waals surface area contributed by atoms with Gasteiger partial charge in [0.1, 0.15) is 0 Å². The molecule has 20 heavy (non-hydrogen) atoms. The Morgan fingerprint density at radius 1 is 1.50 bits per heavy atom. The van der Waals surface area contributed by atoms with Gasteiger partial charge in [-0.2, -0.15) is 0 Å². The number of fused-ring (bicyclic) bond motifs is 1. The summed E-state index contributed by atoms with van der Waals surface area (Å²) in [6.45, 7) is 0.522. The maximum Gasteiger partial charge on any atom is 0.419 e. The molecule has 1 aliphatic carbocycles. The minimum absolute atomic E-state index is 0.0813. The number of benzene rings is 1. The van der Waals surface area contributed by atoms with Crippen molar-refractivity contribution in [3.63, 3.8) is 0 Å². The van der Waals surface area contributed by atoms with Crippen LogP contribution in [0.15, 0.2) is 27.4 Å². The van der Waals surface area contributed by atoms with E-state index in [1.165, 1.54) is 4.57 Å². The standard InChI is InChI=1S/C14H16N2O4/c1-16-10-4-2-3-9(11(10)20-13(16)19)12(18)15-7-14(8-17)5-6-14/h2-4,17H,5-8H2,1H3,(H,15,18). The van der Waals surface area contributed by atoms with Crippen LogP contribution in [0.3, 0.4) is 0 Å². The molecule has 2 aromatic rings. The van der Waals surface area contributed by atoms with Crippen LogP contribution in [0, 0.1) is 5.41 Å².